The lowest BCUT2D eigenvalue weighted by Gasteiger charge is -2.29. The quantitative estimate of drug-likeness (QED) is 0.0918. The Bertz CT molecular complexity index is 1800. The lowest BCUT2D eigenvalue weighted by Crippen LogP contribution is -2.36. The third-order valence-electron chi connectivity index (χ3n) is 8.73. The number of amides is 1. The molecule has 46 heavy (non-hydrogen) atoms. The van der Waals surface area contributed by atoms with E-state index in [9.17, 15) is 22.4 Å². The summed E-state index contributed by atoms with van der Waals surface area (Å²) < 4.78 is 97.0. The molecule has 1 amide bonds. The van der Waals surface area contributed by atoms with Gasteiger partial charge in [0, 0.05) is 54.2 Å². The molecule has 0 aliphatic heterocycles. The summed E-state index contributed by atoms with van der Waals surface area (Å²) in [5, 5.41) is 4.57. The first-order valence-electron chi connectivity index (χ1n) is 14.8. The number of nitrogens with two attached hydrogens (primary N) is 1. The summed E-state index contributed by atoms with van der Waals surface area (Å²) in [6.45, 7) is 7.37. The second-order valence-corrected chi connectivity index (χ2v) is 19.8. The number of benzene rings is 1. The van der Waals surface area contributed by atoms with E-state index in [0.717, 1.165) is 18.2 Å². The van der Waals surface area contributed by atoms with E-state index >= 15 is 8.78 Å². The minimum atomic E-state index is -3.54. The van der Waals surface area contributed by atoms with E-state index in [1.54, 1.807) is 22.9 Å². The van der Waals surface area contributed by atoms with E-state index in [0.29, 0.717) is 32.9 Å². The number of carbonyl (C=O) groups excluding carboxylic acids is 1. The third-order valence-corrected chi connectivity index (χ3v) is 11.1. The highest BCUT2D eigenvalue weighted by Crippen LogP contribution is 2.68. The molecule has 2 N–H and O–H groups in total. The highest BCUT2D eigenvalue weighted by atomic mass is 79.9. The van der Waals surface area contributed by atoms with E-state index < -0.39 is 73.1 Å². The number of hydrogen-bond donors (Lipinski definition) is 1. The fraction of sp³-hybridized carbons (Fsp3) is 0.452. The van der Waals surface area contributed by atoms with Gasteiger partial charge in [0.15, 0.2) is 0 Å². The summed E-state index contributed by atoms with van der Waals surface area (Å²) in [5.74, 6) is -9.75. The van der Waals surface area contributed by atoms with E-state index in [1.165, 1.54) is 0 Å². The summed E-state index contributed by atoms with van der Waals surface area (Å²) >= 11 is 3.48. The molecule has 3 aromatic heterocycles. The minimum Gasteiger partial charge on any atom is -0.368 e. The van der Waals surface area contributed by atoms with Gasteiger partial charge in [0.1, 0.15) is 41.4 Å². The van der Waals surface area contributed by atoms with Crippen LogP contribution in [0.25, 0.3) is 11.0 Å². The molecule has 15 heteroatoms. The molecule has 4 aromatic rings. The highest BCUT2D eigenvalue weighted by molar-refractivity contribution is 9.10. The molecule has 3 heterocycles. The highest BCUT2D eigenvalue weighted by Gasteiger charge is 2.67. The molecule has 1 aromatic carbocycles. The van der Waals surface area contributed by atoms with Gasteiger partial charge in [0.05, 0.1) is 5.69 Å². The van der Waals surface area contributed by atoms with E-state index in [2.05, 4.69) is 40.7 Å². The van der Waals surface area contributed by atoms with Gasteiger partial charge in [-0.3, -0.25) is 4.79 Å². The maximum atomic E-state index is 15.7. The first-order chi connectivity index (χ1) is 21.6. The second kappa shape index (κ2) is 11.8. The molecular weight excluding hydrogens is 696 g/mol. The average Bonchev–Trinajstić information content (AvgIpc) is 3.42. The van der Waals surface area contributed by atoms with Gasteiger partial charge < -0.3 is 15.0 Å². The van der Waals surface area contributed by atoms with Crippen molar-refractivity contribution in [1.82, 2.24) is 19.3 Å². The number of nitrogens with zero attached hydrogens (tertiary/aromatic N) is 4. The van der Waals surface area contributed by atoms with Crippen LogP contribution in [-0.4, -0.2) is 39.9 Å². The topological polar surface area (TPSA) is 88.0 Å². The van der Waals surface area contributed by atoms with Crippen LogP contribution in [0.2, 0.25) is 25.7 Å². The molecule has 1 saturated carbocycles. The standard InChI is InChI=1S/C31H32BrF6N5O2Si/c1-46(2,3)7-6-45-14-42-5-4-16-11-22(32)24(40-30(16)42)20(10-15-8-17(33)12-18(34)9-15)26(29(39)44)43-27-23(25(41-43)28(35)36)19-13-21(19)31(27,37)38/h4-5,8-9,11-12,19-21,26,28H,6-7,10,13-14H2,1-3H3,(H2,39,44)/t19-,20-,21+,26?/m0/s1. The molecule has 0 spiro atoms. The lowest BCUT2D eigenvalue weighted by atomic mass is 9.87. The first-order valence-corrected chi connectivity index (χ1v) is 19.3. The number of aromatic nitrogens is 4. The monoisotopic (exact) mass is 727 g/mol. The lowest BCUT2D eigenvalue weighted by molar-refractivity contribution is -0.122. The van der Waals surface area contributed by atoms with Crippen molar-refractivity contribution in [2.75, 3.05) is 6.61 Å². The van der Waals surface area contributed by atoms with Crippen molar-refractivity contribution in [2.24, 2.45) is 11.7 Å². The molecule has 7 nitrogen and oxygen atoms in total. The molecule has 4 atom stereocenters. The van der Waals surface area contributed by atoms with Crippen LogP contribution >= 0.6 is 15.9 Å². The normalized spacial score (nSPS) is 19.8. The smallest absolute Gasteiger partial charge is 0.293 e. The predicted molar refractivity (Wildman–Crippen MR) is 164 cm³/mol. The van der Waals surface area contributed by atoms with Crippen molar-refractivity contribution in [2.45, 2.75) is 75.5 Å². The Morgan fingerprint density at radius 2 is 1.85 bits per heavy atom. The summed E-state index contributed by atoms with van der Waals surface area (Å²) in [6, 6.07) is 5.41. The molecule has 1 unspecified atom stereocenters. The maximum absolute atomic E-state index is 15.7. The van der Waals surface area contributed by atoms with Crippen LogP contribution < -0.4 is 5.73 Å². The largest absolute Gasteiger partial charge is 0.368 e. The molecule has 2 aliphatic rings. The Hall–Kier alpha value is -3.17. The third kappa shape index (κ3) is 6.01. The van der Waals surface area contributed by atoms with Crippen LogP contribution in [0.4, 0.5) is 26.3 Å². The van der Waals surface area contributed by atoms with Crippen LogP contribution in [0.5, 0.6) is 0 Å². The van der Waals surface area contributed by atoms with Crippen LogP contribution in [0.3, 0.4) is 0 Å². The van der Waals surface area contributed by atoms with Crippen molar-refractivity contribution in [3.8, 4) is 0 Å². The van der Waals surface area contributed by atoms with Crippen molar-refractivity contribution >= 4 is 40.9 Å². The summed E-state index contributed by atoms with van der Waals surface area (Å²) in [5.41, 5.74) is 4.64. The zero-order valence-corrected chi connectivity index (χ0v) is 27.8. The summed E-state index contributed by atoms with van der Waals surface area (Å²) in [6.07, 6.45) is -1.71. The van der Waals surface area contributed by atoms with E-state index in [1.807, 2.05) is 0 Å². The molecule has 1 fully saturated rings. The van der Waals surface area contributed by atoms with Gasteiger partial charge in [-0.15, -0.1) is 0 Å². The number of halogens is 7. The Kier molecular flexibility index (Phi) is 8.41. The molecule has 0 saturated heterocycles. The Balaban J connectivity index is 1.49. The van der Waals surface area contributed by atoms with Gasteiger partial charge in [0.2, 0.25) is 5.91 Å². The number of rotatable bonds is 12. The fourth-order valence-electron chi connectivity index (χ4n) is 6.45. The van der Waals surface area contributed by atoms with Gasteiger partial charge in [-0.25, -0.2) is 27.2 Å². The molecule has 6 rings (SSSR count). The Morgan fingerprint density at radius 3 is 2.48 bits per heavy atom. The van der Waals surface area contributed by atoms with Crippen molar-refractivity contribution < 1.29 is 35.9 Å². The van der Waals surface area contributed by atoms with Crippen molar-refractivity contribution in [1.29, 1.82) is 0 Å². The maximum Gasteiger partial charge on any atom is 0.293 e. The van der Waals surface area contributed by atoms with Crippen molar-refractivity contribution in [3.63, 3.8) is 0 Å². The average molecular weight is 729 g/mol. The molecular formula is C31H32BrF6N5O2Si. The number of carbonyl (C=O) groups is 1. The number of fused-ring (bicyclic) bond motifs is 4. The van der Waals surface area contributed by atoms with Crippen LogP contribution in [0.1, 0.15) is 58.9 Å². The van der Waals surface area contributed by atoms with E-state index in [-0.39, 0.29) is 36.4 Å². The molecule has 2 aliphatic carbocycles. The first kappa shape index (κ1) is 32.8. The van der Waals surface area contributed by atoms with Gasteiger partial charge in [-0.05, 0) is 70.6 Å². The summed E-state index contributed by atoms with van der Waals surface area (Å²) in [7, 11) is -1.35. The zero-order chi connectivity index (χ0) is 33.3. The van der Waals surface area contributed by atoms with Crippen LogP contribution in [0, 0.1) is 17.6 Å². The predicted octanol–water partition coefficient (Wildman–Crippen LogP) is 7.79. The molecule has 0 radical (unpaired) electrons. The van der Waals surface area contributed by atoms with Gasteiger partial charge >= 0.3 is 0 Å². The molecule has 246 valence electrons. The number of alkyl halides is 4. The van der Waals surface area contributed by atoms with Crippen LogP contribution in [0.15, 0.2) is 41.0 Å². The van der Waals surface area contributed by atoms with Gasteiger partial charge in [-0.2, -0.15) is 13.9 Å². The number of hydrogen-bond acceptors (Lipinski definition) is 4. The van der Waals surface area contributed by atoms with Crippen LogP contribution in [-0.2, 0) is 28.6 Å². The fourth-order valence-corrected chi connectivity index (χ4v) is 7.84. The minimum absolute atomic E-state index is 0.0272. The molecule has 0 bridgehead atoms. The SMILES string of the molecule is C[Si](C)(C)CCOCn1ccc2cc(Br)c([C@H](Cc3cc(F)cc(F)c3)C(C(N)=O)n3nc(C(F)F)c4c3C(F)(F)[C@@H]3C[C@H]43)nc21. The second-order valence-electron chi connectivity index (χ2n) is 13.3. The van der Waals surface area contributed by atoms with E-state index in [4.69, 9.17) is 15.5 Å². The number of primary amides is 1. The summed E-state index contributed by atoms with van der Waals surface area (Å²) in [4.78, 5) is 18.1. The zero-order valence-electron chi connectivity index (χ0n) is 25.2. The van der Waals surface area contributed by atoms with Gasteiger partial charge in [0.25, 0.3) is 12.3 Å². The Morgan fingerprint density at radius 1 is 1.15 bits per heavy atom. The number of pyridine rings is 1. The number of ether oxygens (including phenoxy) is 1. The van der Waals surface area contributed by atoms with Gasteiger partial charge in [-0.1, -0.05) is 19.6 Å². The Labute approximate surface area is 270 Å². The van der Waals surface area contributed by atoms with Crippen molar-refractivity contribution in [3.05, 3.63) is 80.8 Å².